The van der Waals surface area contributed by atoms with Crippen LogP contribution in [0.5, 0.6) is 0 Å². The molecule has 0 amide bonds. The van der Waals surface area contributed by atoms with E-state index in [1.807, 2.05) is 30.4 Å². The molecule has 11 aromatic rings. The number of aromatic nitrogens is 1. The molecular weight excluding hydrogens is 763 g/mol. The topological polar surface area (TPSA) is 26.0 Å². The Morgan fingerprint density at radius 2 is 1.14 bits per heavy atom. The van der Waals surface area contributed by atoms with Crippen LogP contribution in [0.2, 0.25) is 0 Å². The van der Waals surface area contributed by atoms with Gasteiger partial charge in [0.1, 0.15) is 11.2 Å². The van der Waals surface area contributed by atoms with E-state index in [0.717, 1.165) is 104 Å². The summed E-state index contributed by atoms with van der Waals surface area (Å²) in [6.45, 7) is 17.2. The molecular formula is C61H43NO. The molecule has 0 atom stereocenters. The summed E-state index contributed by atoms with van der Waals surface area (Å²) in [5, 5.41) is 14.9. The molecule has 2 heteroatoms. The molecule has 63 heavy (non-hydrogen) atoms. The number of rotatable bonds is 8. The normalized spacial score (nSPS) is 12.3. The predicted molar refractivity (Wildman–Crippen MR) is 275 cm³/mol. The van der Waals surface area contributed by atoms with Gasteiger partial charge in [-0.1, -0.05) is 171 Å². The number of pyridine rings is 1. The molecule has 2 aromatic heterocycles. The van der Waals surface area contributed by atoms with E-state index in [9.17, 15) is 0 Å². The Labute approximate surface area is 366 Å². The molecule has 0 unspecified atom stereocenters. The zero-order chi connectivity index (χ0) is 42.8. The number of allylic oxidation sites excluding steroid dienone is 5. The number of hydrogen-bond acceptors (Lipinski definition) is 2. The van der Waals surface area contributed by atoms with Gasteiger partial charge in [0.25, 0.3) is 0 Å². The van der Waals surface area contributed by atoms with E-state index in [1.165, 1.54) is 32.5 Å². The molecule has 0 bridgehead atoms. The molecule has 0 saturated carbocycles. The van der Waals surface area contributed by atoms with Gasteiger partial charge < -0.3 is 4.42 Å². The van der Waals surface area contributed by atoms with Crippen molar-refractivity contribution in [1.29, 1.82) is 0 Å². The summed E-state index contributed by atoms with van der Waals surface area (Å²) in [4.78, 5) is 5.38. The van der Waals surface area contributed by atoms with E-state index >= 15 is 0 Å². The van der Waals surface area contributed by atoms with Crippen molar-refractivity contribution in [3.63, 3.8) is 0 Å². The number of benzene rings is 9. The Morgan fingerprint density at radius 3 is 1.84 bits per heavy atom. The van der Waals surface area contributed by atoms with Crippen LogP contribution in [0, 0.1) is 6.92 Å². The Kier molecular flexibility index (Phi) is 9.10. The summed E-state index contributed by atoms with van der Waals surface area (Å²) in [6, 6.07) is 48.3. The van der Waals surface area contributed by atoms with Gasteiger partial charge in [-0.05, 0) is 127 Å². The molecule has 0 fully saturated rings. The summed E-state index contributed by atoms with van der Waals surface area (Å²) >= 11 is 0. The Bertz CT molecular complexity index is 3870. The van der Waals surface area contributed by atoms with Gasteiger partial charge in [0, 0.05) is 38.1 Å². The first-order valence-corrected chi connectivity index (χ1v) is 21.5. The first kappa shape index (κ1) is 37.9. The maximum absolute atomic E-state index is 7.03. The van der Waals surface area contributed by atoms with Crippen LogP contribution in [0.25, 0.3) is 133 Å². The molecule has 2 heterocycles. The van der Waals surface area contributed by atoms with E-state index < -0.39 is 0 Å². The maximum atomic E-state index is 7.03. The lowest BCUT2D eigenvalue weighted by molar-refractivity contribution is 0.670. The molecule has 0 aliphatic rings. The quantitative estimate of drug-likeness (QED) is 0.113. The molecule has 0 aliphatic carbocycles. The third kappa shape index (κ3) is 5.83. The van der Waals surface area contributed by atoms with Crippen LogP contribution < -0.4 is 0 Å². The minimum Gasteiger partial charge on any atom is -0.455 e. The van der Waals surface area contributed by atoms with Crippen molar-refractivity contribution in [1.82, 2.24) is 4.98 Å². The number of aryl methyl sites for hydroxylation is 1. The summed E-state index contributed by atoms with van der Waals surface area (Å²) < 4.78 is 7.03. The monoisotopic (exact) mass is 805 g/mol. The van der Waals surface area contributed by atoms with Gasteiger partial charge in [0.05, 0.1) is 11.2 Å². The minimum absolute atomic E-state index is 0.861. The summed E-state index contributed by atoms with van der Waals surface area (Å²) in [5.74, 6) is 0. The van der Waals surface area contributed by atoms with Crippen molar-refractivity contribution in [3.8, 4) is 22.3 Å². The van der Waals surface area contributed by atoms with Gasteiger partial charge in [-0.2, -0.15) is 0 Å². The van der Waals surface area contributed by atoms with Crippen LogP contribution in [-0.4, -0.2) is 4.98 Å². The number of furan rings is 1. The fourth-order valence-corrected chi connectivity index (χ4v) is 10.1. The molecule has 2 nitrogen and oxygen atoms in total. The van der Waals surface area contributed by atoms with Crippen molar-refractivity contribution in [3.05, 3.63) is 212 Å². The zero-order valence-corrected chi connectivity index (χ0v) is 35.4. The molecule has 9 aromatic carbocycles. The van der Waals surface area contributed by atoms with Crippen LogP contribution in [0.3, 0.4) is 0 Å². The number of nitrogens with zero attached hydrogens (tertiary/aromatic N) is 1. The Balaban J connectivity index is 1.29. The SMILES string of the molecule is C=C/C=C\C=C\c1nc2cc(/C=C\C)c(C)cc2c2c1cc(-c1c(C=C)c(C=C)c(-c3cc4ccccc4c4c3oc3ccc5ccccc5c34)c3ccccc13)c1ccccc12. The molecule has 0 aliphatic heterocycles. The van der Waals surface area contributed by atoms with Crippen molar-refractivity contribution >= 4 is 111 Å². The maximum Gasteiger partial charge on any atom is 0.143 e. The third-order valence-corrected chi connectivity index (χ3v) is 12.8. The van der Waals surface area contributed by atoms with E-state index in [-0.39, 0.29) is 0 Å². The highest BCUT2D eigenvalue weighted by Crippen LogP contribution is 2.51. The highest BCUT2D eigenvalue weighted by atomic mass is 16.3. The van der Waals surface area contributed by atoms with Crippen molar-refractivity contribution < 1.29 is 4.42 Å². The molecule has 11 rings (SSSR count). The number of fused-ring (bicyclic) bond motifs is 13. The van der Waals surface area contributed by atoms with Crippen LogP contribution in [-0.2, 0) is 0 Å². The van der Waals surface area contributed by atoms with Gasteiger partial charge in [-0.3, -0.25) is 0 Å². The highest BCUT2D eigenvalue weighted by molar-refractivity contribution is 6.31. The van der Waals surface area contributed by atoms with Crippen LogP contribution in [0.15, 0.2) is 188 Å². The molecule has 0 saturated heterocycles. The van der Waals surface area contributed by atoms with Gasteiger partial charge >= 0.3 is 0 Å². The fraction of sp³-hybridized carbons (Fsp3) is 0.0328. The predicted octanol–water partition coefficient (Wildman–Crippen LogP) is 17.6. The van der Waals surface area contributed by atoms with E-state index in [1.54, 1.807) is 6.08 Å². The summed E-state index contributed by atoms with van der Waals surface area (Å²) in [6.07, 6.45) is 18.1. The second kappa shape index (κ2) is 15.1. The van der Waals surface area contributed by atoms with E-state index in [4.69, 9.17) is 9.40 Å². The smallest absolute Gasteiger partial charge is 0.143 e. The van der Waals surface area contributed by atoms with Crippen molar-refractivity contribution in [2.45, 2.75) is 13.8 Å². The van der Waals surface area contributed by atoms with Gasteiger partial charge in [-0.15, -0.1) is 0 Å². The van der Waals surface area contributed by atoms with Crippen LogP contribution in [0.1, 0.15) is 34.9 Å². The molecule has 298 valence electrons. The standard InChI is InChI=1S/C61H43NO/c1-6-10-11-12-30-53-51-36-49(45-26-17-18-27-46(45)58(51)50-33-37(5)39(21-7-2)35-54(50)62-53)56-41(8-3)42(9-4)57(48-29-20-19-28-47(48)56)52-34-40-23-14-16-25-44(40)60-59-43-24-15-13-22-38(43)31-32-55(59)63-61(52)60/h6-36H,1,3-4H2,2,5H3/b11-10-,21-7-,30-12+. The van der Waals surface area contributed by atoms with Crippen LogP contribution >= 0.6 is 0 Å². The summed E-state index contributed by atoms with van der Waals surface area (Å²) in [5.41, 5.74) is 12.3. The summed E-state index contributed by atoms with van der Waals surface area (Å²) in [7, 11) is 0. The average Bonchev–Trinajstić information content (AvgIpc) is 3.73. The first-order valence-electron chi connectivity index (χ1n) is 21.5. The third-order valence-electron chi connectivity index (χ3n) is 12.8. The lowest BCUT2D eigenvalue weighted by Gasteiger charge is -2.22. The Hall–Kier alpha value is -8.07. The van der Waals surface area contributed by atoms with Gasteiger partial charge in [0.2, 0.25) is 0 Å². The molecule has 0 spiro atoms. The van der Waals surface area contributed by atoms with E-state index in [0.29, 0.717) is 0 Å². The molecule has 0 N–H and O–H groups in total. The Morgan fingerprint density at radius 1 is 0.508 bits per heavy atom. The largest absolute Gasteiger partial charge is 0.455 e. The average molecular weight is 806 g/mol. The van der Waals surface area contributed by atoms with E-state index in [2.05, 4.69) is 185 Å². The fourth-order valence-electron chi connectivity index (χ4n) is 10.1. The van der Waals surface area contributed by atoms with Gasteiger partial charge in [-0.25, -0.2) is 4.98 Å². The number of hydrogen-bond donors (Lipinski definition) is 0. The second-order valence-electron chi connectivity index (χ2n) is 16.2. The zero-order valence-electron chi connectivity index (χ0n) is 35.4. The van der Waals surface area contributed by atoms with Crippen LogP contribution in [0.4, 0.5) is 0 Å². The second-order valence-corrected chi connectivity index (χ2v) is 16.2. The minimum atomic E-state index is 0.861. The first-order chi connectivity index (χ1) is 31.0. The van der Waals surface area contributed by atoms with Gasteiger partial charge in [0.15, 0.2) is 0 Å². The lowest BCUT2D eigenvalue weighted by atomic mass is 9.80. The van der Waals surface area contributed by atoms with Crippen molar-refractivity contribution in [2.75, 3.05) is 0 Å². The van der Waals surface area contributed by atoms with Crippen molar-refractivity contribution in [2.24, 2.45) is 0 Å². The molecule has 0 radical (unpaired) electrons. The highest BCUT2D eigenvalue weighted by Gasteiger charge is 2.26. The lowest BCUT2D eigenvalue weighted by Crippen LogP contribution is -1.98.